The van der Waals surface area contributed by atoms with Gasteiger partial charge in [0.05, 0.1) is 13.3 Å². The van der Waals surface area contributed by atoms with E-state index < -0.39 is 11.6 Å². The highest BCUT2D eigenvalue weighted by Gasteiger charge is 2.26. The molecule has 0 aromatic heterocycles. The molecule has 0 radical (unpaired) electrons. The van der Waals surface area contributed by atoms with E-state index in [1.54, 1.807) is 19.1 Å². The van der Waals surface area contributed by atoms with E-state index in [1.807, 2.05) is 0 Å². The lowest BCUT2D eigenvalue weighted by Gasteiger charge is -2.29. The maximum atomic E-state index is 14.3. The molecule has 0 heterocycles. The van der Waals surface area contributed by atoms with E-state index in [-0.39, 0.29) is 18.3 Å². The fraction of sp³-hybridized carbons (Fsp3) is 0.619. The molecule has 0 spiro atoms. The molecule has 1 fully saturated rings. The molecule has 1 nitrogen and oxygen atoms in total. The first-order valence-corrected chi connectivity index (χ1v) is 9.49. The molecule has 2 rings (SSSR count). The molecule has 0 saturated heterocycles. The largest absolute Gasteiger partial charge is 0.491 e. The Morgan fingerprint density at radius 2 is 1.76 bits per heavy atom. The minimum atomic E-state index is -0.861. The average Bonchev–Trinajstić information content (AvgIpc) is 2.63. The molecule has 1 aliphatic carbocycles. The molecule has 0 N–H and O–H groups in total. The minimum Gasteiger partial charge on any atom is -0.491 e. The molecular weight excluding hydrogens is 325 g/mol. The Balaban J connectivity index is 1.82. The van der Waals surface area contributed by atoms with Gasteiger partial charge >= 0.3 is 0 Å². The number of allylic oxidation sites excluding steroid dienone is 2. The van der Waals surface area contributed by atoms with Gasteiger partial charge in [-0.2, -0.15) is 4.39 Å². The third kappa shape index (κ3) is 5.79. The predicted molar refractivity (Wildman–Crippen MR) is 95.8 cm³/mol. The number of alkyl halides is 1. The number of halogens is 3. The zero-order chi connectivity index (χ0) is 18.1. The number of rotatable bonds is 9. The molecule has 140 valence electrons. The van der Waals surface area contributed by atoms with Crippen LogP contribution in [0.1, 0.15) is 69.8 Å². The molecule has 0 aliphatic heterocycles. The summed E-state index contributed by atoms with van der Waals surface area (Å²) in [6.45, 7) is 1.82. The lowest BCUT2D eigenvalue weighted by atomic mass is 9.77. The molecule has 0 amide bonds. The number of hydrogen-bond donors (Lipinski definition) is 0. The van der Waals surface area contributed by atoms with Gasteiger partial charge in [-0.25, -0.2) is 4.39 Å². The van der Waals surface area contributed by atoms with Crippen molar-refractivity contribution in [2.24, 2.45) is 5.92 Å². The Kier molecular flexibility index (Phi) is 8.36. The molecule has 1 aromatic carbocycles. The standard InChI is InChI=1S/C21H29F3O/c1-2-25-19-14-13-18(20(23)21(19)24)17-11-9-16(10-12-17)8-6-4-3-5-7-15-22/h3-4,13-14,16-17H,2,5-12,15H2,1H3/b4-3+. The van der Waals surface area contributed by atoms with Crippen molar-refractivity contribution in [3.8, 4) is 5.75 Å². The molecule has 1 aromatic rings. The van der Waals surface area contributed by atoms with Crippen molar-refractivity contribution in [1.82, 2.24) is 0 Å². The number of unbranched alkanes of at least 4 members (excludes halogenated alkanes) is 1. The second kappa shape index (κ2) is 10.5. The van der Waals surface area contributed by atoms with E-state index >= 15 is 0 Å². The third-order valence-corrected chi connectivity index (χ3v) is 5.08. The first-order valence-electron chi connectivity index (χ1n) is 9.49. The van der Waals surface area contributed by atoms with E-state index in [0.29, 0.717) is 24.5 Å². The Labute approximate surface area is 149 Å². The fourth-order valence-electron chi connectivity index (χ4n) is 3.65. The minimum absolute atomic E-state index is 0.00279. The van der Waals surface area contributed by atoms with Gasteiger partial charge in [0.15, 0.2) is 11.6 Å². The zero-order valence-corrected chi connectivity index (χ0v) is 15.1. The number of benzene rings is 1. The first kappa shape index (κ1) is 19.9. The van der Waals surface area contributed by atoms with Crippen LogP contribution in [0.25, 0.3) is 0 Å². The van der Waals surface area contributed by atoms with Crippen LogP contribution in [-0.4, -0.2) is 13.3 Å². The van der Waals surface area contributed by atoms with Crippen molar-refractivity contribution < 1.29 is 17.9 Å². The predicted octanol–water partition coefficient (Wildman–Crippen LogP) is 6.72. The smallest absolute Gasteiger partial charge is 0.200 e. The fourth-order valence-corrected chi connectivity index (χ4v) is 3.65. The molecule has 25 heavy (non-hydrogen) atoms. The molecule has 1 aliphatic rings. The summed E-state index contributed by atoms with van der Waals surface area (Å²) in [5, 5.41) is 0. The van der Waals surface area contributed by atoms with Gasteiger partial charge in [-0.3, -0.25) is 4.39 Å². The SMILES string of the molecule is CCOc1ccc(C2CCC(CC/C=C/CCCF)CC2)c(F)c1F. The maximum absolute atomic E-state index is 14.3. The second-order valence-corrected chi connectivity index (χ2v) is 6.81. The van der Waals surface area contributed by atoms with Crippen LogP contribution in [0.2, 0.25) is 0 Å². The quantitative estimate of drug-likeness (QED) is 0.353. The highest BCUT2D eigenvalue weighted by molar-refractivity contribution is 5.33. The van der Waals surface area contributed by atoms with E-state index in [2.05, 4.69) is 12.2 Å². The summed E-state index contributed by atoms with van der Waals surface area (Å²) in [7, 11) is 0. The average molecular weight is 354 g/mol. The van der Waals surface area contributed by atoms with Crippen LogP contribution in [0.5, 0.6) is 5.75 Å². The summed E-state index contributed by atoms with van der Waals surface area (Å²) in [5.41, 5.74) is 0.491. The normalized spacial score (nSPS) is 21.0. The Morgan fingerprint density at radius 1 is 1.04 bits per heavy atom. The second-order valence-electron chi connectivity index (χ2n) is 6.81. The Bertz CT molecular complexity index is 548. The van der Waals surface area contributed by atoms with Gasteiger partial charge in [0.1, 0.15) is 0 Å². The van der Waals surface area contributed by atoms with E-state index in [1.165, 1.54) is 0 Å². The van der Waals surface area contributed by atoms with Gasteiger partial charge in [0, 0.05) is 0 Å². The van der Waals surface area contributed by atoms with E-state index in [9.17, 15) is 13.2 Å². The summed E-state index contributed by atoms with van der Waals surface area (Å²) < 4.78 is 45.5. The van der Waals surface area contributed by atoms with Gasteiger partial charge in [-0.05, 0) is 81.8 Å². The maximum Gasteiger partial charge on any atom is 0.200 e. The highest BCUT2D eigenvalue weighted by atomic mass is 19.2. The summed E-state index contributed by atoms with van der Waals surface area (Å²) in [6.07, 6.45) is 11.7. The van der Waals surface area contributed by atoms with Crippen LogP contribution in [-0.2, 0) is 0 Å². The van der Waals surface area contributed by atoms with Gasteiger partial charge in [-0.15, -0.1) is 0 Å². The van der Waals surface area contributed by atoms with Crippen molar-refractivity contribution in [3.05, 3.63) is 41.5 Å². The summed E-state index contributed by atoms with van der Waals surface area (Å²) in [6, 6.07) is 3.23. The lowest BCUT2D eigenvalue weighted by molar-refractivity contribution is 0.297. The van der Waals surface area contributed by atoms with Gasteiger partial charge in [0.2, 0.25) is 5.82 Å². The molecule has 0 atom stereocenters. The Hall–Kier alpha value is -1.45. The topological polar surface area (TPSA) is 9.23 Å². The third-order valence-electron chi connectivity index (χ3n) is 5.08. The van der Waals surface area contributed by atoms with E-state index in [0.717, 1.165) is 44.9 Å². The van der Waals surface area contributed by atoms with Gasteiger partial charge in [0.25, 0.3) is 0 Å². The first-order chi connectivity index (χ1) is 12.2. The van der Waals surface area contributed by atoms with Gasteiger partial charge < -0.3 is 4.74 Å². The van der Waals surface area contributed by atoms with Crippen LogP contribution < -0.4 is 4.74 Å². The van der Waals surface area contributed by atoms with Crippen LogP contribution in [0.15, 0.2) is 24.3 Å². The monoisotopic (exact) mass is 354 g/mol. The zero-order valence-electron chi connectivity index (χ0n) is 15.1. The Morgan fingerprint density at radius 3 is 2.44 bits per heavy atom. The number of hydrogen-bond acceptors (Lipinski definition) is 1. The molecule has 1 saturated carbocycles. The van der Waals surface area contributed by atoms with Crippen molar-refractivity contribution in [3.63, 3.8) is 0 Å². The van der Waals surface area contributed by atoms with Crippen molar-refractivity contribution in [2.75, 3.05) is 13.3 Å². The summed E-state index contributed by atoms with van der Waals surface area (Å²) >= 11 is 0. The van der Waals surface area contributed by atoms with Crippen LogP contribution in [0.3, 0.4) is 0 Å². The van der Waals surface area contributed by atoms with Crippen LogP contribution in [0.4, 0.5) is 13.2 Å². The number of ether oxygens (including phenoxy) is 1. The molecule has 4 heteroatoms. The van der Waals surface area contributed by atoms with Crippen LogP contribution >= 0.6 is 0 Å². The molecule has 0 bridgehead atoms. The van der Waals surface area contributed by atoms with Crippen LogP contribution in [0, 0.1) is 17.6 Å². The van der Waals surface area contributed by atoms with Crippen molar-refractivity contribution >= 4 is 0 Å². The van der Waals surface area contributed by atoms with E-state index in [4.69, 9.17) is 4.74 Å². The van der Waals surface area contributed by atoms with Crippen molar-refractivity contribution in [2.45, 2.75) is 64.2 Å². The molecular formula is C21H29F3O. The summed E-state index contributed by atoms with van der Waals surface area (Å²) in [5.74, 6) is -0.860. The molecule has 0 unspecified atom stereocenters. The summed E-state index contributed by atoms with van der Waals surface area (Å²) in [4.78, 5) is 0. The lowest BCUT2D eigenvalue weighted by Crippen LogP contribution is -2.15. The highest BCUT2D eigenvalue weighted by Crippen LogP contribution is 2.39. The van der Waals surface area contributed by atoms with Crippen molar-refractivity contribution in [1.29, 1.82) is 0 Å². The van der Waals surface area contributed by atoms with Gasteiger partial charge in [-0.1, -0.05) is 18.2 Å².